The van der Waals surface area contributed by atoms with E-state index in [4.69, 9.17) is 10.5 Å². The third kappa shape index (κ3) is 4.93. The first-order chi connectivity index (χ1) is 16.8. The Kier molecular flexibility index (Phi) is 7.19. The number of benzene rings is 1. The third-order valence-electron chi connectivity index (χ3n) is 5.46. The van der Waals surface area contributed by atoms with E-state index in [2.05, 4.69) is 15.0 Å². The quantitative estimate of drug-likeness (QED) is 0.466. The highest BCUT2D eigenvalue weighted by Gasteiger charge is 2.48. The maximum Gasteiger partial charge on any atom is 0.352 e. The number of hydrogen-bond acceptors (Lipinski definition) is 7. The number of aryl methyl sites for hydroxylation is 1. The molecule has 9 nitrogen and oxygen atoms in total. The molecule has 3 rings (SSSR count). The minimum Gasteiger partial charge on any atom is -0.449 e. The molecule has 3 aromatic rings. The van der Waals surface area contributed by atoms with E-state index in [0.717, 1.165) is 0 Å². The van der Waals surface area contributed by atoms with Crippen molar-refractivity contribution in [2.45, 2.75) is 52.5 Å². The highest BCUT2D eigenvalue weighted by molar-refractivity contribution is 5.51. The number of aromatic nitrogens is 4. The molecule has 0 aliphatic rings. The summed E-state index contributed by atoms with van der Waals surface area (Å²) in [6.45, 7) is 5.99. The van der Waals surface area contributed by atoms with Gasteiger partial charge >= 0.3 is 12.3 Å². The Morgan fingerprint density at radius 1 is 1.25 bits per heavy atom. The first-order valence-corrected chi connectivity index (χ1v) is 10.6. The van der Waals surface area contributed by atoms with Gasteiger partial charge in [-0.25, -0.2) is 18.7 Å². The van der Waals surface area contributed by atoms with Crippen LogP contribution >= 0.6 is 0 Å². The molecule has 0 aliphatic carbocycles. The largest absolute Gasteiger partial charge is 0.449 e. The van der Waals surface area contributed by atoms with E-state index in [1.807, 2.05) is 6.07 Å². The fourth-order valence-electron chi connectivity index (χ4n) is 3.35. The highest BCUT2D eigenvalue weighted by atomic mass is 19.3. The number of aromatic amines is 1. The molecule has 190 valence electrons. The van der Waals surface area contributed by atoms with Gasteiger partial charge in [-0.15, -0.1) is 0 Å². The lowest BCUT2D eigenvalue weighted by Crippen LogP contribution is -2.33. The predicted molar refractivity (Wildman–Crippen MR) is 122 cm³/mol. The Balaban J connectivity index is 2.25. The first-order valence-electron chi connectivity index (χ1n) is 10.6. The van der Waals surface area contributed by atoms with E-state index in [1.54, 1.807) is 19.9 Å². The zero-order valence-corrected chi connectivity index (χ0v) is 19.7. The Morgan fingerprint density at radius 2 is 1.92 bits per heavy atom. The number of H-pyrrole nitrogens is 1. The smallest absolute Gasteiger partial charge is 0.352 e. The zero-order chi connectivity index (χ0) is 26.9. The Bertz CT molecular complexity index is 1470. The summed E-state index contributed by atoms with van der Waals surface area (Å²) >= 11 is 0. The van der Waals surface area contributed by atoms with Crippen LogP contribution in [-0.2, 0) is 12.5 Å². The van der Waals surface area contributed by atoms with Crippen LogP contribution in [-0.4, -0.2) is 25.9 Å². The van der Waals surface area contributed by atoms with Gasteiger partial charge in [-0.2, -0.15) is 14.0 Å². The first kappa shape index (κ1) is 26.4. The van der Waals surface area contributed by atoms with Crippen LogP contribution in [0, 0.1) is 25.2 Å². The zero-order valence-electron chi connectivity index (χ0n) is 19.7. The summed E-state index contributed by atoms with van der Waals surface area (Å²) in [5, 5.41) is 9.45. The lowest BCUT2D eigenvalue weighted by Gasteiger charge is -2.20. The van der Waals surface area contributed by atoms with Gasteiger partial charge in [-0.3, -0.25) is 14.2 Å². The number of nitrogen functional groups attached to an aromatic ring is 1. The minimum atomic E-state index is -4.84. The average molecular weight is 506 g/mol. The second kappa shape index (κ2) is 9.80. The number of nitrogens with two attached hydrogens (primary N) is 1. The molecule has 0 radical (unpaired) electrons. The van der Waals surface area contributed by atoms with Gasteiger partial charge in [-0.1, -0.05) is 13.8 Å². The van der Waals surface area contributed by atoms with Crippen LogP contribution in [0.25, 0.3) is 0 Å². The van der Waals surface area contributed by atoms with Crippen molar-refractivity contribution in [2.75, 3.05) is 5.73 Å². The number of halogens is 4. The van der Waals surface area contributed by atoms with Gasteiger partial charge in [0, 0.05) is 5.56 Å². The fraction of sp³-hybridized carbons (Fsp3) is 0.348. The van der Waals surface area contributed by atoms with Crippen LogP contribution < -0.4 is 21.6 Å². The van der Waals surface area contributed by atoms with Gasteiger partial charge in [0.2, 0.25) is 5.75 Å². The van der Waals surface area contributed by atoms with Crippen molar-refractivity contribution in [1.82, 2.24) is 19.5 Å². The predicted octanol–water partition coefficient (Wildman–Crippen LogP) is 3.72. The van der Waals surface area contributed by atoms with Crippen LogP contribution in [0.2, 0.25) is 0 Å². The number of nitriles is 1. The second-order valence-electron chi connectivity index (χ2n) is 8.35. The Hall–Kier alpha value is -4.21. The molecule has 2 aromatic heterocycles. The standard InChI is InChI=1S/C23H22F4N6O3/c1-10(2)13-5-14(7-28)11(3)16(6-13)36-17-18(23(26,27)22(24)25)30-9-33(21(17)35)8-15-19(29)31-12(4)32-20(15)34/h5-6,9-10,22H,8H2,1-4H3,(H3,29,31,32,34). The van der Waals surface area contributed by atoms with Crippen molar-refractivity contribution in [2.24, 2.45) is 0 Å². The van der Waals surface area contributed by atoms with E-state index in [0.29, 0.717) is 16.5 Å². The Labute approximate surface area is 202 Å². The molecule has 3 N–H and O–H groups in total. The molecule has 0 spiro atoms. The summed E-state index contributed by atoms with van der Waals surface area (Å²) in [6, 6.07) is 4.95. The minimum absolute atomic E-state index is 0.115. The summed E-state index contributed by atoms with van der Waals surface area (Å²) in [5.41, 5.74) is 2.99. The number of hydrogen-bond donors (Lipinski definition) is 2. The van der Waals surface area contributed by atoms with Crippen molar-refractivity contribution in [3.05, 3.63) is 72.9 Å². The number of nitrogens with zero attached hydrogens (tertiary/aromatic N) is 4. The maximum absolute atomic E-state index is 14.4. The number of nitrogens with one attached hydrogen (secondary N) is 1. The van der Waals surface area contributed by atoms with Crippen molar-refractivity contribution in [3.8, 4) is 17.6 Å². The van der Waals surface area contributed by atoms with Crippen molar-refractivity contribution in [3.63, 3.8) is 0 Å². The molecule has 0 saturated heterocycles. The molecule has 1 aromatic carbocycles. The maximum atomic E-state index is 14.4. The molecule has 0 atom stereocenters. The Morgan fingerprint density at radius 3 is 2.47 bits per heavy atom. The monoisotopic (exact) mass is 506 g/mol. The second-order valence-corrected chi connectivity index (χ2v) is 8.35. The topological polar surface area (TPSA) is 140 Å². The van der Waals surface area contributed by atoms with E-state index >= 15 is 0 Å². The van der Waals surface area contributed by atoms with Crippen molar-refractivity contribution < 1.29 is 22.3 Å². The molecule has 0 saturated carbocycles. The molecule has 0 bridgehead atoms. The van der Waals surface area contributed by atoms with E-state index < -0.39 is 41.5 Å². The summed E-state index contributed by atoms with van der Waals surface area (Å²) in [6.07, 6.45) is -3.60. The highest BCUT2D eigenvalue weighted by Crippen LogP contribution is 2.39. The summed E-state index contributed by atoms with van der Waals surface area (Å²) in [5.74, 6) is -6.29. The molecule has 13 heteroatoms. The molecular formula is C23H22F4N6O3. The molecule has 2 heterocycles. The van der Waals surface area contributed by atoms with Crippen molar-refractivity contribution in [1.29, 1.82) is 5.26 Å². The van der Waals surface area contributed by atoms with Gasteiger partial charge in [-0.05, 0) is 37.5 Å². The average Bonchev–Trinajstić information content (AvgIpc) is 2.79. The normalized spacial score (nSPS) is 11.7. The third-order valence-corrected chi connectivity index (χ3v) is 5.46. The fourth-order valence-corrected chi connectivity index (χ4v) is 3.35. The number of alkyl halides is 4. The van der Waals surface area contributed by atoms with Gasteiger partial charge in [0.15, 0.2) is 5.69 Å². The van der Waals surface area contributed by atoms with Crippen LogP contribution in [0.1, 0.15) is 53.5 Å². The lowest BCUT2D eigenvalue weighted by molar-refractivity contribution is -0.139. The van der Waals surface area contributed by atoms with Crippen molar-refractivity contribution >= 4 is 5.82 Å². The van der Waals surface area contributed by atoms with E-state index in [9.17, 15) is 32.4 Å². The molecule has 0 unspecified atom stereocenters. The molecule has 0 amide bonds. The summed E-state index contributed by atoms with van der Waals surface area (Å²) in [7, 11) is 0. The molecular weight excluding hydrogens is 484 g/mol. The van der Waals surface area contributed by atoms with Gasteiger partial charge in [0.05, 0.1) is 30.1 Å². The van der Waals surface area contributed by atoms with Gasteiger partial charge in [0.1, 0.15) is 17.4 Å². The molecule has 0 fully saturated rings. The van der Waals surface area contributed by atoms with Crippen LogP contribution in [0.3, 0.4) is 0 Å². The summed E-state index contributed by atoms with van der Waals surface area (Å²) < 4.78 is 61.6. The van der Waals surface area contributed by atoms with Crippen LogP contribution in [0.15, 0.2) is 28.0 Å². The van der Waals surface area contributed by atoms with Gasteiger partial charge < -0.3 is 15.5 Å². The van der Waals surface area contributed by atoms with E-state index in [-0.39, 0.29) is 40.0 Å². The molecule has 36 heavy (non-hydrogen) atoms. The lowest BCUT2D eigenvalue weighted by atomic mass is 9.97. The number of ether oxygens (including phenoxy) is 1. The molecule has 0 aliphatic heterocycles. The van der Waals surface area contributed by atoms with Crippen LogP contribution in [0.4, 0.5) is 23.4 Å². The number of rotatable bonds is 7. The van der Waals surface area contributed by atoms with Gasteiger partial charge in [0.25, 0.3) is 11.1 Å². The van der Waals surface area contributed by atoms with Crippen LogP contribution in [0.5, 0.6) is 11.5 Å². The summed E-state index contributed by atoms with van der Waals surface area (Å²) in [4.78, 5) is 35.2. The SMILES string of the molecule is Cc1nc(N)c(Cn2cnc(C(F)(F)C(F)F)c(Oc3cc(C(C)C)cc(C#N)c3C)c2=O)c(=O)[nH]1. The number of anilines is 1. The van der Waals surface area contributed by atoms with E-state index in [1.165, 1.54) is 19.9 Å².